The maximum atomic E-state index is 14.8. The Labute approximate surface area is 273 Å². The molecule has 12 heteroatoms. The molecule has 1 aliphatic rings. The number of carbonyl (C=O) groups excluding carboxylic acids is 2. The molecular weight excluding hydrogens is 628 g/mol. The van der Waals surface area contributed by atoms with Crippen molar-refractivity contribution in [3.8, 4) is 5.75 Å². The van der Waals surface area contributed by atoms with Gasteiger partial charge in [0.05, 0.1) is 40.8 Å². The number of pyridine rings is 1. The first-order valence-electron chi connectivity index (χ1n) is 15.0. The van der Waals surface area contributed by atoms with Crippen molar-refractivity contribution >= 4 is 55.6 Å². The number of esters is 1. The summed E-state index contributed by atoms with van der Waals surface area (Å²) in [5.41, 5.74) is 7.64. The summed E-state index contributed by atoms with van der Waals surface area (Å²) in [5.74, 6) is -0.866. The van der Waals surface area contributed by atoms with Gasteiger partial charge < -0.3 is 25.4 Å². The number of nitrogens with one attached hydrogen (secondary N) is 1. The van der Waals surface area contributed by atoms with Crippen LogP contribution in [0.3, 0.4) is 0 Å². The number of rotatable bonds is 10. The van der Waals surface area contributed by atoms with Gasteiger partial charge in [-0.25, -0.2) is 13.4 Å². The number of sulfone groups is 1. The van der Waals surface area contributed by atoms with E-state index < -0.39 is 39.1 Å². The molecular formula is C34H37ClN4O6S. The lowest BCUT2D eigenvalue weighted by Crippen LogP contribution is -2.40. The monoisotopic (exact) mass is 664 g/mol. The first-order chi connectivity index (χ1) is 22.0. The van der Waals surface area contributed by atoms with Crippen LogP contribution in [-0.2, 0) is 24.2 Å². The van der Waals surface area contributed by atoms with Gasteiger partial charge in [0.25, 0.3) is 0 Å². The lowest BCUT2D eigenvalue weighted by molar-refractivity contribution is -0.147. The molecule has 1 aromatic heterocycles. The maximum absolute atomic E-state index is 14.8. The predicted octanol–water partition coefficient (Wildman–Crippen LogP) is 5.97. The largest absolute Gasteiger partial charge is 0.492 e. The molecule has 0 bridgehead atoms. The number of benzene rings is 3. The Morgan fingerprint density at radius 2 is 1.87 bits per heavy atom. The van der Waals surface area contributed by atoms with Gasteiger partial charge in [-0.1, -0.05) is 35.9 Å². The smallest absolute Gasteiger partial charge is 0.311 e. The van der Waals surface area contributed by atoms with Gasteiger partial charge in [0.2, 0.25) is 5.91 Å². The number of nitrogen functional groups attached to an aromatic ring is 1. The highest BCUT2D eigenvalue weighted by Crippen LogP contribution is 2.43. The fourth-order valence-corrected chi connectivity index (χ4v) is 7.40. The van der Waals surface area contributed by atoms with Gasteiger partial charge in [0, 0.05) is 23.8 Å². The number of methoxy groups -OCH3 is 1. The zero-order chi connectivity index (χ0) is 33.2. The van der Waals surface area contributed by atoms with Gasteiger partial charge in [-0.3, -0.25) is 9.59 Å². The first-order valence-corrected chi connectivity index (χ1v) is 16.9. The Balaban J connectivity index is 1.64. The highest BCUT2D eigenvalue weighted by Gasteiger charge is 2.46. The quantitative estimate of drug-likeness (QED) is 0.196. The predicted molar refractivity (Wildman–Crippen MR) is 178 cm³/mol. The van der Waals surface area contributed by atoms with Gasteiger partial charge in [-0.15, -0.1) is 0 Å². The molecule has 5 rings (SSSR count). The molecule has 0 saturated carbocycles. The third-order valence-electron chi connectivity index (χ3n) is 8.29. The summed E-state index contributed by atoms with van der Waals surface area (Å²) in [6.45, 7) is 5.61. The van der Waals surface area contributed by atoms with Crippen LogP contribution in [0.15, 0.2) is 77.8 Å². The van der Waals surface area contributed by atoms with E-state index in [2.05, 4.69) is 10.3 Å². The number of carbonyl (C=O) groups is 2. The van der Waals surface area contributed by atoms with E-state index in [1.807, 2.05) is 31.2 Å². The van der Waals surface area contributed by atoms with Crippen LogP contribution in [0, 0.1) is 5.92 Å². The SMILES string of the molecule is CCOc1cc(C(Nc2ccc3c(N)nccc3c2)C(=O)N2CC[C@@H](C(=O)OC)[C@H]2c2ccccc2S(=O)(=O)C(C)C)ccc1Cl. The zero-order valence-electron chi connectivity index (χ0n) is 26.1. The van der Waals surface area contributed by atoms with Crippen LogP contribution in [0.2, 0.25) is 5.02 Å². The van der Waals surface area contributed by atoms with E-state index in [9.17, 15) is 18.0 Å². The van der Waals surface area contributed by atoms with E-state index in [0.29, 0.717) is 46.4 Å². The molecule has 4 aromatic rings. The number of amides is 1. The fraction of sp³-hybridized carbons (Fsp3) is 0.324. The van der Waals surface area contributed by atoms with E-state index >= 15 is 0 Å². The normalized spacial score (nSPS) is 17.2. The second-order valence-corrected chi connectivity index (χ2v) is 14.2. The highest BCUT2D eigenvalue weighted by molar-refractivity contribution is 7.92. The fourth-order valence-electron chi connectivity index (χ4n) is 5.94. The number of anilines is 2. The van der Waals surface area contributed by atoms with Crippen LogP contribution in [0.5, 0.6) is 5.75 Å². The Kier molecular flexibility index (Phi) is 9.74. The number of halogens is 1. The van der Waals surface area contributed by atoms with Crippen LogP contribution < -0.4 is 15.8 Å². The summed E-state index contributed by atoms with van der Waals surface area (Å²) in [4.78, 5) is 33.8. The summed E-state index contributed by atoms with van der Waals surface area (Å²) >= 11 is 6.42. The third-order valence-corrected chi connectivity index (χ3v) is 10.8. The van der Waals surface area contributed by atoms with Gasteiger partial charge in [-0.05, 0) is 86.2 Å². The summed E-state index contributed by atoms with van der Waals surface area (Å²) in [7, 11) is -2.48. The highest BCUT2D eigenvalue weighted by atomic mass is 35.5. The van der Waals surface area contributed by atoms with E-state index in [1.54, 1.807) is 61.3 Å². The number of nitrogens with zero attached hydrogens (tertiary/aromatic N) is 2. The zero-order valence-corrected chi connectivity index (χ0v) is 27.6. The molecule has 0 spiro atoms. The van der Waals surface area contributed by atoms with Crippen LogP contribution in [-0.4, -0.2) is 55.7 Å². The average Bonchev–Trinajstić information content (AvgIpc) is 3.49. The summed E-state index contributed by atoms with van der Waals surface area (Å²) < 4.78 is 37.9. The number of likely N-dealkylation sites (tertiary alicyclic amines) is 1. The van der Waals surface area contributed by atoms with Crippen LogP contribution in [0.1, 0.15) is 50.4 Å². The molecule has 2 heterocycles. The molecule has 3 atom stereocenters. The van der Waals surface area contributed by atoms with Crippen LogP contribution >= 0.6 is 11.6 Å². The first kappa shape index (κ1) is 33.0. The summed E-state index contributed by atoms with van der Waals surface area (Å²) in [5, 5.41) is 4.65. The number of fused-ring (bicyclic) bond motifs is 1. The van der Waals surface area contributed by atoms with Crippen molar-refractivity contribution in [3.05, 3.63) is 89.1 Å². The molecule has 1 unspecified atom stereocenters. The van der Waals surface area contributed by atoms with Crippen molar-refractivity contribution in [3.63, 3.8) is 0 Å². The molecule has 1 aliphatic heterocycles. The number of hydrogen-bond acceptors (Lipinski definition) is 9. The Morgan fingerprint density at radius 3 is 2.59 bits per heavy atom. The minimum absolute atomic E-state index is 0.0824. The Hall–Kier alpha value is -4.35. The molecule has 0 radical (unpaired) electrons. The average molecular weight is 665 g/mol. The molecule has 10 nitrogen and oxygen atoms in total. The van der Waals surface area contributed by atoms with Crippen LogP contribution in [0.4, 0.5) is 11.5 Å². The summed E-state index contributed by atoms with van der Waals surface area (Å²) in [6, 6.07) is 17.1. The second-order valence-electron chi connectivity index (χ2n) is 11.4. The molecule has 3 N–H and O–H groups in total. The van der Waals surface area contributed by atoms with Gasteiger partial charge in [0.15, 0.2) is 9.84 Å². The van der Waals surface area contributed by atoms with E-state index in [-0.39, 0.29) is 17.3 Å². The van der Waals surface area contributed by atoms with Gasteiger partial charge >= 0.3 is 5.97 Å². The van der Waals surface area contributed by atoms with E-state index in [4.69, 9.17) is 26.8 Å². The standard InChI is InChI=1S/C34H37ClN4O6S/c1-5-45-28-19-22(10-13-27(28)35)30(38-23-11-12-24-21(18-23)14-16-37-32(24)36)33(40)39-17-15-26(34(41)44-4)31(39)25-8-6-7-9-29(25)46(42,43)20(2)3/h6-14,16,18-20,26,30-31,38H,5,15,17H2,1-4H3,(H2,36,37)/t26-,30?,31-/m1/s1. The molecule has 1 fully saturated rings. The van der Waals surface area contributed by atoms with E-state index in [0.717, 1.165) is 10.8 Å². The molecule has 46 heavy (non-hydrogen) atoms. The Bertz CT molecular complexity index is 1880. The van der Waals surface area contributed by atoms with Crippen molar-refractivity contribution < 1.29 is 27.5 Å². The van der Waals surface area contributed by atoms with Crippen LogP contribution in [0.25, 0.3) is 10.8 Å². The lowest BCUT2D eigenvalue weighted by atomic mass is 9.93. The minimum atomic E-state index is -3.76. The van der Waals surface area contributed by atoms with Crippen molar-refractivity contribution in [1.29, 1.82) is 0 Å². The Morgan fingerprint density at radius 1 is 1.11 bits per heavy atom. The van der Waals surface area contributed by atoms with Crippen molar-refractivity contribution in [1.82, 2.24) is 9.88 Å². The third kappa shape index (κ3) is 6.34. The van der Waals surface area contributed by atoms with Crippen molar-refractivity contribution in [2.24, 2.45) is 5.92 Å². The second kappa shape index (κ2) is 13.6. The molecule has 1 amide bonds. The minimum Gasteiger partial charge on any atom is -0.492 e. The van der Waals surface area contributed by atoms with E-state index in [1.165, 1.54) is 13.2 Å². The molecule has 242 valence electrons. The topological polar surface area (TPSA) is 141 Å². The number of aromatic nitrogens is 1. The number of hydrogen-bond donors (Lipinski definition) is 2. The number of ether oxygens (including phenoxy) is 2. The maximum Gasteiger partial charge on any atom is 0.311 e. The lowest BCUT2D eigenvalue weighted by Gasteiger charge is -2.33. The molecule has 0 aliphatic carbocycles. The van der Waals surface area contributed by atoms with Gasteiger partial charge in [0.1, 0.15) is 17.6 Å². The number of nitrogens with two attached hydrogens (primary N) is 1. The van der Waals surface area contributed by atoms with Crippen molar-refractivity contribution in [2.75, 3.05) is 31.3 Å². The van der Waals surface area contributed by atoms with Crippen molar-refractivity contribution in [2.45, 2.75) is 49.4 Å². The molecule has 1 saturated heterocycles. The molecule has 3 aromatic carbocycles. The van der Waals surface area contributed by atoms with Gasteiger partial charge in [-0.2, -0.15) is 0 Å². The summed E-state index contributed by atoms with van der Waals surface area (Å²) in [6.07, 6.45) is 1.90.